The highest BCUT2D eigenvalue weighted by Gasteiger charge is 2.29. The summed E-state index contributed by atoms with van der Waals surface area (Å²) in [4.78, 5) is 3.82. The lowest BCUT2D eigenvalue weighted by atomic mass is 9.94. The minimum atomic E-state index is -3.59. The van der Waals surface area contributed by atoms with E-state index < -0.39 is 10.0 Å². The molecular formula is C24H22N2O2S. The maximum Gasteiger partial charge on any atom is 0.243 e. The maximum absolute atomic E-state index is 13.4. The molecule has 29 heavy (non-hydrogen) atoms. The molecule has 0 fully saturated rings. The van der Waals surface area contributed by atoms with E-state index in [1.807, 2.05) is 49.4 Å². The molecule has 0 amide bonds. The summed E-state index contributed by atoms with van der Waals surface area (Å²) in [5, 5.41) is 1.13. The normalized spacial score (nSPS) is 14.8. The van der Waals surface area contributed by atoms with Crippen LogP contribution in [-0.2, 0) is 23.0 Å². The average Bonchev–Trinajstić information content (AvgIpc) is 3.07. The lowest BCUT2D eigenvalue weighted by molar-refractivity contribution is 0.405. The second kappa shape index (κ2) is 6.87. The number of sulfonamides is 1. The standard InChI is InChI=1S/C24H22N2O2S/c1-17-10-12-19(13-11-17)29(27,28)26-15-14-18-6-2-3-7-20(18)24-21-8-4-5-9-22(21)25-23(24)16-26/h2-13,25H,14-16H2,1H3. The number of H-pyrrole nitrogens is 1. The van der Waals surface area contributed by atoms with Crippen LogP contribution in [0.1, 0.15) is 16.8 Å². The fourth-order valence-electron chi connectivity index (χ4n) is 4.17. The Bertz CT molecular complexity index is 1300. The van der Waals surface area contributed by atoms with Crippen molar-refractivity contribution in [3.63, 3.8) is 0 Å². The van der Waals surface area contributed by atoms with Crippen LogP contribution in [0.2, 0.25) is 0 Å². The molecule has 3 aromatic carbocycles. The van der Waals surface area contributed by atoms with Crippen LogP contribution >= 0.6 is 0 Å². The maximum atomic E-state index is 13.4. The molecule has 5 heteroatoms. The van der Waals surface area contributed by atoms with Crippen molar-refractivity contribution in [3.05, 3.63) is 89.6 Å². The Morgan fingerprint density at radius 1 is 0.897 bits per heavy atom. The third-order valence-electron chi connectivity index (χ3n) is 5.69. The first-order chi connectivity index (χ1) is 14.0. The Labute approximate surface area is 170 Å². The van der Waals surface area contributed by atoms with Gasteiger partial charge in [0, 0.05) is 28.7 Å². The molecule has 0 bridgehead atoms. The van der Waals surface area contributed by atoms with E-state index in [4.69, 9.17) is 0 Å². The number of rotatable bonds is 2. The van der Waals surface area contributed by atoms with Crippen molar-refractivity contribution in [3.8, 4) is 11.1 Å². The van der Waals surface area contributed by atoms with E-state index in [0.29, 0.717) is 24.4 Å². The van der Waals surface area contributed by atoms with Gasteiger partial charge in [-0.1, -0.05) is 60.2 Å². The number of benzene rings is 3. The highest BCUT2D eigenvalue weighted by Crippen LogP contribution is 2.37. The highest BCUT2D eigenvalue weighted by molar-refractivity contribution is 7.89. The van der Waals surface area contributed by atoms with Crippen molar-refractivity contribution in [2.45, 2.75) is 24.8 Å². The van der Waals surface area contributed by atoms with Gasteiger partial charge in [-0.05, 0) is 42.7 Å². The number of aromatic nitrogens is 1. The fourth-order valence-corrected chi connectivity index (χ4v) is 5.58. The van der Waals surface area contributed by atoms with E-state index in [1.165, 1.54) is 11.1 Å². The summed E-state index contributed by atoms with van der Waals surface area (Å²) < 4.78 is 28.4. The van der Waals surface area contributed by atoms with Crippen molar-refractivity contribution in [2.24, 2.45) is 0 Å². The SMILES string of the molecule is Cc1ccc(S(=O)(=O)N2CCc3ccccc3-c3c([nH]c4ccccc34)C2)cc1. The summed E-state index contributed by atoms with van der Waals surface area (Å²) in [6.07, 6.45) is 0.681. The third kappa shape index (κ3) is 3.07. The van der Waals surface area contributed by atoms with Crippen LogP contribution < -0.4 is 0 Å². The van der Waals surface area contributed by atoms with Gasteiger partial charge in [0.2, 0.25) is 10.0 Å². The van der Waals surface area contributed by atoms with Gasteiger partial charge in [-0.3, -0.25) is 0 Å². The van der Waals surface area contributed by atoms with Gasteiger partial charge in [-0.15, -0.1) is 0 Å². The van der Waals surface area contributed by atoms with Crippen molar-refractivity contribution < 1.29 is 8.42 Å². The summed E-state index contributed by atoms with van der Waals surface area (Å²) in [5.74, 6) is 0. The molecule has 5 rings (SSSR count). The second-order valence-electron chi connectivity index (χ2n) is 7.58. The minimum absolute atomic E-state index is 0.328. The Morgan fingerprint density at radius 3 is 2.45 bits per heavy atom. The number of para-hydroxylation sites is 1. The molecule has 1 N–H and O–H groups in total. The molecule has 0 radical (unpaired) electrons. The number of hydrogen-bond acceptors (Lipinski definition) is 2. The molecule has 0 atom stereocenters. The summed E-state index contributed by atoms with van der Waals surface area (Å²) in [7, 11) is -3.59. The van der Waals surface area contributed by atoms with E-state index >= 15 is 0 Å². The number of aromatic amines is 1. The molecule has 2 heterocycles. The zero-order valence-electron chi connectivity index (χ0n) is 16.2. The van der Waals surface area contributed by atoms with Crippen LogP contribution in [0.25, 0.3) is 22.0 Å². The molecule has 4 nitrogen and oxygen atoms in total. The second-order valence-corrected chi connectivity index (χ2v) is 9.52. The zero-order valence-corrected chi connectivity index (χ0v) is 17.0. The van der Waals surface area contributed by atoms with Gasteiger partial charge in [0.15, 0.2) is 0 Å². The van der Waals surface area contributed by atoms with Gasteiger partial charge in [0.25, 0.3) is 0 Å². The first kappa shape index (κ1) is 18.2. The molecule has 1 aliphatic heterocycles. The number of aryl methyl sites for hydroxylation is 1. The molecule has 0 aliphatic carbocycles. The van der Waals surface area contributed by atoms with Crippen molar-refractivity contribution in [2.75, 3.05) is 6.54 Å². The Hall–Kier alpha value is -2.89. The van der Waals surface area contributed by atoms with Crippen LogP contribution in [0.15, 0.2) is 77.7 Å². The lowest BCUT2D eigenvalue weighted by Crippen LogP contribution is -2.33. The summed E-state index contributed by atoms with van der Waals surface area (Å²) >= 11 is 0. The van der Waals surface area contributed by atoms with Gasteiger partial charge in [-0.25, -0.2) is 8.42 Å². The fraction of sp³-hybridized carbons (Fsp3) is 0.167. The summed E-state index contributed by atoms with van der Waals surface area (Å²) in [6.45, 7) is 2.73. The van der Waals surface area contributed by atoms with E-state index in [9.17, 15) is 8.42 Å². The molecule has 0 saturated heterocycles. The van der Waals surface area contributed by atoms with Gasteiger partial charge in [-0.2, -0.15) is 4.31 Å². The summed E-state index contributed by atoms with van der Waals surface area (Å²) in [5.41, 5.74) is 6.48. The Balaban J connectivity index is 1.67. The molecule has 1 aromatic heterocycles. The van der Waals surface area contributed by atoms with Crippen LogP contribution in [0, 0.1) is 6.92 Å². The predicted octanol–water partition coefficient (Wildman–Crippen LogP) is 4.89. The topological polar surface area (TPSA) is 53.2 Å². The minimum Gasteiger partial charge on any atom is -0.357 e. The number of hydrogen-bond donors (Lipinski definition) is 1. The number of fused-ring (bicyclic) bond motifs is 5. The monoisotopic (exact) mass is 402 g/mol. The molecule has 0 unspecified atom stereocenters. The van der Waals surface area contributed by atoms with Gasteiger partial charge in [0.05, 0.1) is 11.4 Å². The van der Waals surface area contributed by atoms with Gasteiger partial charge >= 0.3 is 0 Å². The third-order valence-corrected chi connectivity index (χ3v) is 7.55. The summed E-state index contributed by atoms with van der Waals surface area (Å²) in [6, 6.07) is 23.6. The van der Waals surface area contributed by atoms with Crippen molar-refractivity contribution >= 4 is 20.9 Å². The van der Waals surface area contributed by atoms with Crippen LogP contribution in [0.5, 0.6) is 0 Å². The van der Waals surface area contributed by atoms with Crippen LogP contribution in [-0.4, -0.2) is 24.3 Å². The zero-order chi connectivity index (χ0) is 20.0. The molecule has 0 spiro atoms. The quantitative estimate of drug-likeness (QED) is 0.519. The molecule has 146 valence electrons. The van der Waals surface area contributed by atoms with E-state index in [-0.39, 0.29) is 0 Å². The van der Waals surface area contributed by atoms with E-state index in [0.717, 1.165) is 27.7 Å². The molecular weight excluding hydrogens is 380 g/mol. The van der Waals surface area contributed by atoms with Crippen LogP contribution in [0.3, 0.4) is 0 Å². The van der Waals surface area contributed by atoms with Crippen molar-refractivity contribution in [1.82, 2.24) is 9.29 Å². The van der Waals surface area contributed by atoms with Gasteiger partial charge < -0.3 is 4.98 Å². The predicted molar refractivity (Wildman–Crippen MR) is 116 cm³/mol. The van der Waals surface area contributed by atoms with E-state index in [2.05, 4.69) is 23.2 Å². The van der Waals surface area contributed by atoms with Gasteiger partial charge in [0.1, 0.15) is 0 Å². The number of nitrogens with zero attached hydrogens (tertiary/aromatic N) is 1. The Morgan fingerprint density at radius 2 is 1.62 bits per heavy atom. The molecule has 0 saturated carbocycles. The largest absolute Gasteiger partial charge is 0.357 e. The van der Waals surface area contributed by atoms with E-state index in [1.54, 1.807) is 16.4 Å². The first-order valence-corrected chi connectivity index (χ1v) is 11.2. The number of nitrogens with one attached hydrogen (secondary N) is 1. The first-order valence-electron chi connectivity index (χ1n) is 9.79. The highest BCUT2D eigenvalue weighted by atomic mass is 32.2. The van der Waals surface area contributed by atoms with Crippen molar-refractivity contribution in [1.29, 1.82) is 0 Å². The molecule has 1 aliphatic rings. The van der Waals surface area contributed by atoms with Crippen LogP contribution in [0.4, 0.5) is 0 Å². The smallest absolute Gasteiger partial charge is 0.243 e. The lowest BCUT2D eigenvalue weighted by Gasteiger charge is -2.25. The Kier molecular flexibility index (Phi) is 4.30. The molecule has 4 aromatic rings. The average molecular weight is 403 g/mol.